The molecule has 30 heavy (non-hydrogen) atoms. The quantitative estimate of drug-likeness (QED) is 0.163. The summed E-state index contributed by atoms with van der Waals surface area (Å²) < 4.78 is 21.6. The second kappa shape index (κ2) is 21.0. The minimum atomic E-state index is -4.25. The second-order valence-electron chi connectivity index (χ2n) is 7.99. The maximum atomic E-state index is 11.7. The minimum absolute atomic E-state index is 0. The zero-order chi connectivity index (χ0) is 21.0. The van der Waals surface area contributed by atoms with Crippen LogP contribution < -0.4 is 39.0 Å². The normalized spacial score (nSPS) is 12.9. The molecule has 0 amide bonds. The summed E-state index contributed by atoms with van der Waals surface area (Å²) in [6.45, 7) is 2.47. The van der Waals surface area contributed by atoms with Crippen molar-refractivity contribution in [3.8, 4) is 5.75 Å². The fraction of sp³-hybridized carbons (Fsp3) is 0.750. The van der Waals surface area contributed by atoms with Gasteiger partial charge < -0.3 is 13.9 Å². The Kier molecular flexibility index (Phi) is 21.2. The fourth-order valence-corrected chi connectivity index (χ4v) is 4.25. The predicted molar refractivity (Wildman–Crippen MR) is 120 cm³/mol. The Labute approximate surface area is 207 Å². The molecule has 0 aliphatic rings. The molecule has 1 aromatic rings. The first kappa shape index (κ1) is 30.2. The average Bonchev–Trinajstić information content (AvgIpc) is 2.70. The van der Waals surface area contributed by atoms with Crippen molar-refractivity contribution in [2.45, 2.75) is 110 Å². The van der Waals surface area contributed by atoms with Crippen LogP contribution in [0.4, 0.5) is 0 Å². The summed E-state index contributed by atoms with van der Waals surface area (Å²) in [5, 5.41) is 0. The van der Waals surface area contributed by atoms with Crippen LogP contribution >= 0.6 is 7.82 Å². The van der Waals surface area contributed by atoms with Crippen LogP contribution in [0.5, 0.6) is 5.75 Å². The van der Waals surface area contributed by atoms with Crippen LogP contribution in [-0.4, -0.2) is 6.61 Å². The van der Waals surface area contributed by atoms with E-state index in [-0.39, 0.29) is 41.9 Å². The average molecular weight is 449 g/mol. The van der Waals surface area contributed by atoms with Gasteiger partial charge in [0.1, 0.15) is 5.75 Å². The second-order valence-corrected chi connectivity index (χ2v) is 9.32. The van der Waals surface area contributed by atoms with E-state index in [1.165, 1.54) is 83.5 Å². The van der Waals surface area contributed by atoms with E-state index in [9.17, 15) is 9.46 Å². The van der Waals surface area contributed by atoms with E-state index in [2.05, 4.69) is 6.92 Å². The third-order valence-electron chi connectivity index (χ3n) is 5.21. The van der Waals surface area contributed by atoms with Gasteiger partial charge in [0, 0.05) is 0 Å². The molecule has 0 saturated carbocycles. The van der Waals surface area contributed by atoms with Gasteiger partial charge in [0.05, 0.1) is 6.61 Å². The Balaban J connectivity index is 0.00000841. The number of hydrogen-bond acceptors (Lipinski definition) is 4. The van der Waals surface area contributed by atoms with Gasteiger partial charge in [0.2, 0.25) is 0 Å². The van der Waals surface area contributed by atoms with E-state index in [1.807, 2.05) is 0 Å². The number of benzene rings is 1. The molecular weight excluding hydrogens is 406 g/mol. The molecule has 0 radical (unpaired) electrons. The Morgan fingerprint density at radius 2 is 1.10 bits per heavy atom. The van der Waals surface area contributed by atoms with Crippen LogP contribution in [0.3, 0.4) is 0 Å². The summed E-state index contributed by atoms with van der Waals surface area (Å²) in [4.78, 5) is 11.7. The summed E-state index contributed by atoms with van der Waals surface area (Å²) in [5.41, 5.74) is 0. The first-order valence-corrected chi connectivity index (χ1v) is 13.3. The number of rotatable bonds is 20. The topological polar surface area (TPSA) is 58.6 Å². The molecule has 0 aliphatic heterocycles. The molecule has 1 unspecified atom stereocenters. The summed E-state index contributed by atoms with van der Waals surface area (Å²) in [7, 11) is -4.25. The van der Waals surface area contributed by atoms with Gasteiger partial charge in [0.25, 0.3) is 0 Å². The monoisotopic (exact) mass is 448 g/mol. The molecule has 4 nitrogen and oxygen atoms in total. The molecule has 0 fully saturated rings. The van der Waals surface area contributed by atoms with Gasteiger partial charge in [-0.3, -0.25) is 4.57 Å². The molecule has 168 valence electrons. The zero-order valence-corrected chi connectivity index (χ0v) is 22.4. The number of unbranched alkanes of at least 4 members (excludes halogenated alkanes) is 15. The van der Waals surface area contributed by atoms with Crippen molar-refractivity contribution in [1.29, 1.82) is 0 Å². The Morgan fingerprint density at radius 1 is 0.700 bits per heavy atom. The minimum Gasteiger partial charge on any atom is -0.746 e. The Bertz CT molecular complexity index is 527. The molecule has 0 N–H and O–H groups in total. The van der Waals surface area contributed by atoms with Gasteiger partial charge in [-0.2, -0.15) is 0 Å². The third kappa shape index (κ3) is 18.9. The van der Waals surface area contributed by atoms with E-state index in [4.69, 9.17) is 9.05 Å². The Hall–Kier alpha value is 0.170. The Morgan fingerprint density at radius 3 is 1.53 bits per heavy atom. The molecular formula is C24H42NaO4P. The van der Waals surface area contributed by atoms with Gasteiger partial charge in [-0.1, -0.05) is 121 Å². The van der Waals surface area contributed by atoms with Gasteiger partial charge in [0.15, 0.2) is 0 Å². The van der Waals surface area contributed by atoms with Crippen LogP contribution in [0, 0.1) is 0 Å². The van der Waals surface area contributed by atoms with Gasteiger partial charge >= 0.3 is 37.4 Å². The van der Waals surface area contributed by atoms with E-state index < -0.39 is 7.82 Å². The molecule has 1 rings (SSSR count). The van der Waals surface area contributed by atoms with Crippen molar-refractivity contribution < 1.29 is 48.1 Å². The molecule has 0 heterocycles. The molecule has 6 heteroatoms. The van der Waals surface area contributed by atoms with Crippen molar-refractivity contribution in [2.75, 3.05) is 6.61 Å². The zero-order valence-electron chi connectivity index (χ0n) is 19.5. The number of phosphoric acid groups is 1. The predicted octanol–water partition coefficient (Wildman–Crippen LogP) is 4.82. The smallest absolute Gasteiger partial charge is 0.746 e. The fourth-order valence-electron chi connectivity index (χ4n) is 3.46. The summed E-state index contributed by atoms with van der Waals surface area (Å²) in [6, 6.07) is 8.46. The molecule has 1 aromatic carbocycles. The van der Waals surface area contributed by atoms with Gasteiger partial charge in [-0.15, -0.1) is 0 Å². The van der Waals surface area contributed by atoms with E-state index in [0.717, 1.165) is 19.3 Å². The molecule has 0 aromatic heterocycles. The third-order valence-corrected chi connectivity index (χ3v) is 6.14. The molecule has 0 aliphatic carbocycles. The van der Waals surface area contributed by atoms with Crippen molar-refractivity contribution in [1.82, 2.24) is 0 Å². The molecule has 0 saturated heterocycles. The van der Waals surface area contributed by atoms with Gasteiger partial charge in [-0.05, 0) is 18.6 Å². The van der Waals surface area contributed by atoms with E-state index in [1.54, 1.807) is 30.3 Å². The SMILES string of the molecule is CCCCCCCCCCCCCCCCCCOP(=O)([O-])Oc1ccccc1.[Na+]. The number of hydrogen-bond donors (Lipinski definition) is 0. The van der Waals surface area contributed by atoms with Crippen LogP contribution in [0.15, 0.2) is 30.3 Å². The summed E-state index contributed by atoms with van der Waals surface area (Å²) >= 11 is 0. The van der Waals surface area contributed by atoms with Crippen molar-refractivity contribution in [3.63, 3.8) is 0 Å². The summed E-state index contributed by atoms with van der Waals surface area (Å²) in [6.07, 6.45) is 20.7. The molecule has 1 atom stereocenters. The summed E-state index contributed by atoms with van der Waals surface area (Å²) in [5.74, 6) is 0.290. The van der Waals surface area contributed by atoms with Gasteiger partial charge in [-0.25, -0.2) is 0 Å². The maximum Gasteiger partial charge on any atom is 1.00 e. The molecule has 0 spiro atoms. The number of para-hydroxylation sites is 1. The largest absolute Gasteiger partial charge is 1.00 e. The van der Waals surface area contributed by atoms with Crippen molar-refractivity contribution in [3.05, 3.63) is 30.3 Å². The standard InChI is InChI=1S/C24H43O4P.Na/c1-2-3-4-5-6-7-8-9-10-11-12-13-14-15-16-20-23-27-29(25,26)28-24-21-18-17-19-22-24;/h17-19,21-22H,2-16,20,23H2,1H3,(H,25,26);/q;+1/p-1. The van der Waals surface area contributed by atoms with Crippen LogP contribution in [0.2, 0.25) is 0 Å². The van der Waals surface area contributed by atoms with Crippen molar-refractivity contribution in [2.24, 2.45) is 0 Å². The van der Waals surface area contributed by atoms with Crippen LogP contribution in [0.25, 0.3) is 0 Å². The first-order valence-electron chi connectivity index (χ1n) is 11.8. The van der Waals surface area contributed by atoms with Crippen LogP contribution in [-0.2, 0) is 9.09 Å². The van der Waals surface area contributed by atoms with E-state index >= 15 is 0 Å². The van der Waals surface area contributed by atoms with E-state index in [0.29, 0.717) is 0 Å². The van der Waals surface area contributed by atoms with Crippen molar-refractivity contribution >= 4 is 7.82 Å². The van der Waals surface area contributed by atoms with Crippen LogP contribution in [0.1, 0.15) is 110 Å². The first-order chi connectivity index (χ1) is 14.1. The maximum absolute atomic E-state index is 11.7. The number of phosphoric ester groups is 1. The molecule has 0 bridgehead atoms.